The van der Waals surface area contributed by atoms with E-state index in [0.29, 0.717) is 5.92 Å². The molecule has 0 heterocycles. The molecule has 0 amide bonds. The summed E-state index contributed by atoms with van der Waals surface area (Å²) in [4.78, 5) is 0. The zero-order chi connectivity index (χ0) is 11.8. The van der Waals surface area contributed by atoms with Crippen molar-refractivity contribution in [2.24, 2.45) is 5.92 Å². The molecule has 0 saturated heterocycles. The molecule has 1 atom stereocenters. The minimum absolute atomic E-state index is 0.0476. The summed E-state index contributed by atoms with van der Waals surface area (Å²) in [7, 11) is 0. The van der Waals surface area contributed by atoms with Gasteiger partial charge in [-0.3, -0.25) is 0 Å². The summed E-state index contributed by atoms with van der Waals surface area (Å²) < 4.78 is 0. The summed E-state index contributed by atoms with van der Waals surface area (Å²) in [5.41, 5.74) is 2.30. The van der Waals surface area contributed by atoms with E-state index < -0.39 is 0 Å². The molecule has 0 bridgehead atoms. The van der Waals surface area contributed by atoms with Crippen LogP contribution in [0, 0.1) is 5.92 Å². The second kappa shape index (κ2) is 4.25. The third kappa shape index (κ3) is 1.80. The molecular weight excluding hydrogens is 212 g/mol. The highest BCUT2D eigenvalue weighted by molar-refractivity contribution is 5.53. The van der Waals surface area contributed by atoms with Gasteiger partial charge in [0.1, 0.15) is 0 Å². The van der Waals surface area contributed by atoms with Gasteiger partial charge >= 0.3 is 0 Å². The van der Waals surface area contributed by atoms with Crippen molar-refractivity contribution in [3.63, 3.8) is 0 Å². The average Bonchev–Trinajstić information content (AvgIpc) is 2.79. The monoisotopic (exact) mass is 232 g/mol. The van der Waals surface area contributed by atoms with E-state index in [4.69, 9.17) is 0 Å². The predicted octanol–water partition coefficient (Wildman–Crippen LogP) is 3.71. The number of benzene rings is 1. The molecule has 3 rings (SSSR count). The van der Waals surface area contributed by atoms with Crippen LogP contribution < -0.4 is 0 Å². The zero-order valence-electron chi connectivity index (χ0n) is 10.2. The topological polar surface area (TPSA) is 40.5 Å². The van der Waals surface area contributed by atoms with E-state index in [2.05, 4.69) is 0 Å². The van der Waals surface area contributed by atoms with Crippen molar-refractivity contribution in [1.82, 2.24) is 0 Å². The number of phenols is 2. The molecule has 0 aromatic heterocycles. The van der Waals surface area contributed by atoms with Gasteiger partial charge in [-0.1, -0.05) is 25.3 Å². The van der Waals surface area contributed by atoms with Gasteiger partial charge in [0, 0.05) is 5.56 Å². The summed E-state index contributed by atoms with van der Waals surface area (Å²) in [5, 5.41) is 19.7. The van der Waals surface area contributed by atoms with Crippen LogP contribution in [-0.2, 0) is 6.42 Å². The summed E-state index contributed by atoms with van der Waals surface area (Å²) in [6.45, 7) is 0. The van der Waals surface area contributed by atoms with Crippen LogP contribution in [0.15, 0.2) is 12.1 Å². The lowest BCUT2D eigenvalue weighted by Gasteiger charge is -2.28. The Morgan fingerprint density at radius 3 is 2.47 bits per heavy atom. The van der Waals surface area contributed by atoms with Gasteiger partial charge in [0.15, 0.2) is 11.5 Å². The predicted molar refractivity (Wildman–Crippen MR) is 67.4 cm³/mol. The molecule has 17 heavy (non-hydrogen) atoms. The molecule has 0 aliphatic heterocycles. The molecular formula is C15H20O2. The van der Waals surface area contributed by atoms with Crippen LogP contribution >= 0.6 is 0 Å². The molecule has 0 spiro atoms. The van der Waals surface area contributed by atoms with Crippen LogP contribution in [0.5, 0.6) is 11.5 Å². The highest BCUT2D eigenvalue weighted by Gasteiger charge is 2.33. The lowest BCUT2D eigenvalue weighted by molar-refractivity contribution is 0.297. The number of rotatable bonds is 1. The van der Waals surface area contributed by atoms with Crippen molar-refractivity contribution < 1.29 is 10.2 Å². The van der Waals surface area contributed by atoms with Gasteiger partial charge in [-0.2, -0.15) is 0 Å². The van der Waals surface area contributed by atoms with Crippen molar-refractivity contribution in [3.8, 4) is 11.5 Å². The normalized spacial score (nSPS) is 24.8. The summed E-state index contributed by atoms with van der Waals surface area (Å²) in [6, 6.07) is 3.60. The summed E-state index contributed by atoms with van der Waals surface area (Å²) in [5.74, 6) is 1.40. The fourth-order valence-corrected chi connectivity index (χ4v) is 3.73. The molecule has 2 heteroatoms. The van der Waals surface area contributed by atoms with Gasteiger partial charge < -0.3 is 10.2 Å². The number of aryl methyl sites for hydroxylation is 1. The smallest absolute Gasteiger partial charge is 0.161 e. The van der Waals surface area contributed by atoms with E-state index >= 15 is 0 Å². The molecule has 92 valence electrons. The fourth-order valence-electron chi connectivity index (χ4n) is 3.73. The second-order valence-corrected chi connectivity index (χ2v) is 5.55. The Labute approximate surface area is 102 Å². The number of fused-ring (bicyclic) bond motifs is 1. The van der Waals surface area contributed by atoms with Gasteiger partial charge in [0.2, 0.25) is 0 Å². The first-order valence-electron chi connectivity index (χ1n) is 6.81. The molecule has 1 unspecified atom stereocenters. The Kier molecular flexibility index (Phi) is 2.73. The lowest BCUT2D eigenvalue weighted by Crippen LogP contribution is -2.14. The standard InChI is InChI=1S/C15H20O2/c16-13-9-7-11-6-8-12(14(11)15(13)17)10-4-2-1-3-5-10/h7,9-10,12,16-17H,1-6,8H2. The van der Waals surface area contributed by atoms with Crippen LogP contribution in [0.1, 0.15) is 55.6 Å². The highest BCUT2D eigenvalue weighted by atomic mass is 16.3. The van der Waals surface area contributed by atoms with E-state index in [9.17, 15) is 10.2 Å². The van der Waals surface area contributed by atoms with Gasteiger partial charge in [0.25, 0.3) is 0 Å². The van der Waals surface area contributed by atoms with Gasteiger partial charge in [0.05, 0.1) is 0 Å². The molecule has 2 nitrogen and oxygen atoms in total. The van der Waals surface area contributed by atoms with Gasteiger partial charge in [-0.25, -0.2) is 0 Å². The van der Waals surface area contributed by atoms with E-state index in [1.54, 1.807) is 6.07 Å². The Hall–Kier alpha value is -1.18. The molecule has 2 N–H and O–H groups in total. The van der Waals surface area contributed by atoms with E-state index in [1.807, 2.05) is 6.07 Å². The Morgan fingerprint density at radius 2 is 1.71 bits per heavy atom. The molecule has 1 fully saturated rings. The largest absolute Gasteiger partial charge is 0.504 e. The fraction of sp³-hybridized carbons (Fsp3) is 0.600. The lowest BCUT2D eigenvalue weighted by atomic mass is 9.77. The number of hydrogen-bond acceptors (Lipinski definition) is 2. The van der Waals surface area contributed by atoms with Gasteiger partial charge in [-0.15, -0.1) is 0 Å². The van der Waals surface area contributed by atoms with Crippen molar-refractivity contribution in [2.75, 3.05) is 0 Å². The van der Waals surface area contributed by atoms with Crippen LogP contribution in [0.4, 0.5) is 0 Å². The summed E-state index contributed by atoms with van der Waals surface area (Å²) >= 11 is 0. The first-order valence-corrected chi connectivity index (χ1v) is 6.81. The Bertz CT molecular complexity index is 419. The minimum Gasteiger partial charge on any atom is -0.504 e. The quantitative estimate of drug-likeness (QED) is 0.725. The Morgan fingerprint density at radius 1 is 0.941 bits per heavy atom. The first kappa shape index (κ1) is 10.9. The SMILES string of the molecule is Oc1ccc2c(c1O)C(C1CCCCC1)CC2. The third-order valence-electron chi connectivity index (χ3n) is 4.60. The number of aromatic hydroxyl groups is 2. The zero-order valence-corrected chi connectivity index (χ0v) is 10.2. The number of hydrogen-bond donors (Lipinski definition) is 2. The molecule has 1 saturated carbocycles. The third-order valence-corrected chi connectivity index (χ3v) is 4.60. The molecule has 2 aliphatic carbocycles. The van der Waals surface area contributed by atoms with E-state index in [-0.39, 0.29) is 11.5 Å². The first-order chi connectivity index (χ1) is 8.27. The molecule has 1 aromatic rings. The van der Waals surface area contributed by atoms with Crippen molar-refractivity contribution >= 4 is 0 Å². The maximum Gasteiger partial charge on any atom is 0.161 e. The van der Waals surface area contributed by atoms with Gasteiger partial charge in [-0.05, 0) is 49.1 Å². The molecule has 1 aromatic carbocycles. The maximum absolute atomic E-state index is 10.1. The number of phenolic OH excluding ortho intramolecular Hbond substituents is 2. The van der Waals surface area contributed by atoms with Crippen LogP contribution in [0.2, 0.25) is 0 Å². The van der Waals surface area contributed by atoms with Crippen LogP contribution in [0.25, 0.3) is 0 Å². The highest BCUT2D eigenvalue weighted by Crippen LogP contribution is 2.49. The van der Waals surface area contributed by atoms with Crippen molar-refractivity contribution in [3.05, 3.63) is 23.3 Å². The average molecular weight is 232 g/mol. The Balaban J connectivity index is 1.94. The van der Waals surface area contributed by atoms with E-state index in [1.165, 1.54) is 37.7 Å². The van der Waals surface area contributed by atoms with Crippen molar-refractivity contribution in [2.45, 2.75) is 50.9 Å². The second-order valence-electron chi connectivity index (χ2n) is 5.55. The molecule has 2 aliphatic rings. The van der Waals surface area contributed by atoms with E-state index in [0.717, 1.165) is 24.3 Å². The minimum atomic E-state index is 0.0476. The maximum atomic E-state index is 10.1. The van der Waals surface area contributed by atoms with Crippen LogP contribution in [-0.4, -0.2) is 10.2 Å². The van der Waals surface area contributed by atoms with Crippen LogP contribution in [0.3, 0.4) is 0 Å². The van der Waals surface area contributed by atoms with Crippen molar-refractivity contribution in [1.29, 1.82) is 0 Å². The summed E-state index contributed by atoms with van der Waals surface area (Å²) in [6.07, 6.45) is 8.81. The molecule has 0 radical (unpaired) electrons.